The zero-order valence-electron chi connectivity index (χ0n) is 11.5. The van der Waals surface area contributed by atoms with Crippen molar-refractivity contribution in [1.29, 1.82) is 0 Å². The van der Waals surface area contributed by atoms with E-state index in [1.165, 1.54) is 4.74 Å². The summed E-state index contributed by atoms with van der Waals surface area (Å²) in [4.78, 5) is 10.1. The van der Waals surface area contributed by atoms with Crippen LogP contribution < -0.4 is 0 Å². The molecule has 2 unspecified atom stereocenters. The minimum atomic E-state index is -7.36. The minimum Gasteiger partial charge on any atom is -0.481 e. The molecule has 0 bridgehead atoms. The van der Waals surface area contributed by atoms with Crippen LogP contribution in [0, 0.1) is 0 Å². The number of alkyl halides is 13. The number of carboxylic acids is 1. The topological polar surface area (TPSA) is 55.8 Å². The Labute approximate surface area is 133 Å². The molecule has 0 aromatic heterocycles. The molecule has 0 fully saturated rings. The van der Waals surface area contributed by atoms with Crippen LogP contribution in [0.2, 0.25) is 0 Å². The van der Waals surface area contributed by atoms with Gasteiger partial charge in [-0.05, 0) is 0 Å². The lowest BCUT2D eigenvalue weighted by Gasteiger charge is -2.38. The maximum Gasteiger partial charge on any atom is 0.525 e. The molecule has 0 heterocycles. The third-order valence-corrected chi connectivity index (χ3v) is 2.37. The van der Waals surface area contributed by atoms with Gasteiger partial charge in [0, 0.05) is 6.42 Å². The zero-order valence-corrected chi connectivity index (χ0v) is 11.5. The third kappa shape index (κ3) is 5.49. The van der Waals surface area contributed by atoms with Crippen molar-refractivity contribution in [2.75, 3.05) is 0 Å². The van der Waals surface area contributed by atoms with Gasteiger partial charge < -0.3 is 5.11 Å². The Bertz CT molecular complexity index is 509. The lowest BCUT2D eigenvalue weighted by molar-refractivity contribution is -0.544. The van der Waals surface area contributed by atoms with Gasteiger partial charge in [0.1, 0.15) is 0 Å². The summed E-state index contributed by atoms with van der Waals surface area (Å²) in [6.07, 6.45) is -32.7. The highest BCUT2D eigenvalue weighted by Crippen LogP contribution is 2.53. The van der Waals surface area contributed by atoms with E-state index in [0.717, 1.165) is 0 Å². The van der Waals surface area contributed by atoms with E-state index in [4.69, 9.17) is 5.11 Å². The number of hydrogen-bond acceptors (Lipinski definition) is 3. The van der Waals surface area contributed by atoms with E-state index in [1.807, 2.05) is 0 Å². The first-order valence-electron chi connectivity index (χ1n) is 5.66. The van der Waals surface area contributed by atoms with Gasteiger partial charge in [0.2, 0.25) is 0 Å². The molecule has 0 saturated carbocycles. The van der Waals surface area contributed by atoms with Gasteiger partial charge in [-0.15, -0.1) is 13.2 Å². The predicted octanol–water partition coefficient (Wildman–Crippen LogP) is 4.45. The third-order valence-electron chi connectivity index (χ3n) is 2.37. The van der Waals surface area contributed by atoms with Crippen LogP contribution in [0.5, 0.6) is 0 Å². The van der Waals surface area contributed by atoms with Crippen molar-refractivity contribution in [3.8, 4) is 0 Å². The fourth-order valence-corrected chi connectivity index (χ4v) is 1.23. The summed E-state index contributed by atoms with van der Waals surface area (Å²) in [5.74, 6) is -15.5. The molecule has 0 aromatic rings. The molecule has 0 radical (unpaired) electrons. The zero-order chi connectivity index (χ0) is 21.4. The standard InChI is InChI=1S/C9H5F13O4/c10-4(6(12,13)14,2-1-3(23)24)25-8(18,19)5(11,7(15,16)17)26-9(20,21)22/h1-2H2,(H,23,24). The average Bonchev–Trinajstić information content (AvgIpc) is 2.30. The van der Waals surface area contributed by atoms with Crippen LogP contribution in [-0.4, -0.2) is 47.6 Å². The predicted molar refractivity (Wildman–Crippen MR) is 49.8 cm³/mol. The second kappa shape index (κ2) is 6.90. The quantitative estimate of drug-likeness (QED) is 0.614. The molecule has 0 saturated heterocycles. The van der Waals surface area contributed by atoms with Gasteiger partial charge in [-0.3, -0.25) is 9.53 Å². The van der Waals surface area contributed by atoms with Crippen molar-refractivity contribution in [3.63, 3.8) is 0 Å². The highest BCUT2D eigenvalue weighted by Gasteiger charge is 2.80. The first-order chi connectivity index (χ1) is 11.1. The van der Waals surface area contributed by atoms with E-state index >= 15 is 0 Å². The van der Waals surface area contributed by atoms with Crippen molar-refractivity contribution in [1.82, 2.24) is 0 Å². The summed E-state index contributed by atoms with van der Waals surface area (Å²) in [6, 6.07) is 0. The minimum absolute atomic E-state index is 1.52. The van der Waals surface area contributed by atoms with Gasteiger partial charge >= 0.3 is 42.5 Å². The average molecular weight is 424 g/mol. The van der Waals surface area contributed by atoms with Crippen molar-refractivity contribution in [2.24, 2.45) is 0 Å². The summed E-state index contributed by atoms with van der Waals surface area (Å²) in [6.45, 7) is 0. The van der Waals surface area contributed by atoms with Gasteiger partial charge in [0.25, 0.3) is 0 Å². The van der Waals surface area contributed by atoms with Crippen LogP contribution in [-0.2, 0) is 14.3 Å². The molecule has 0 spiro atoms. The van der Waals surface area contributed by atoms with Gasteiger partial charge in [-0.2, -0.15) is 39.5 Å². The van der Waals surface area contributed by atoms with Crippen LogP contribution in [0.25, 0.3) is 0 Å². The number of carboxylic acid groups (broad SMARTS) is 1. The van der Waals surface area contributed by atoms with E-state index in [9.17, 15) is 61.9 Å². The van der Waals surface area contributed by atoms with E-state index in [2.05, 4.69) is 4.74 Å². The summed E-state index contributed by atoms with van der Waals surface area (Å²) >= 11 is 0. The van der Waals surface area contributed by atoms with Crippen LogP contribution >= 0.6 is 0 Å². The van der Waals surface area contributed by atoms with Crippen LogP contribution in [0.15, 0.2) is 0 Å². The molecule has 2 atom stereocenters. The molecular formula is C9H5F13O4. The van der Waals surface area contributed by atoms with E-state index in [1.54, 1.807) is 0 Å². The number of carbonyl (C=O) groups is 1. The number of aliphatic carboxylic acids is 1. The Hall–Kier alpha value is -1.52. The Morgan fingerprint density at radius 1 is 0.731 bits per heavy atom. The van der Waals surface area contributed by atoms with E-state index in [0.29, 0.717) is 0 Å². The summed E-state index contributed by atoms with van der Waals surface area (Å²) in [5, 5.41) is 8.08. The van der Waals surface area contributed by atoms with Gasteiger partial charge in [-0.1, -0.05) is 0 Å². The largest absolute Gasteiger partial charge is 0.525 e. The molecule has 4 nitrogen and oxygen atoms in total. The normalized spacial score (nSPS) is 19.0. The molecule has 0 amide bonds. The van der Waals surface area contributed by atoms with Crippen molar-refractivity contribution >= 4 is 5.97 Å². The van der Waals surface area contributed by atoms with E-state index in [-0.39, 0.29) is 0 Å². The lowest BCUT2D eigenvalue weighted by Crippen LogP contribution is -2.64. The Morgan fingerprint density at radius 3 is 1.42 bits per heavy atom. The fourth-order valence-electron chi connectivity index (χ4n) is 1.23. The van der Waals surface area contributed by atoms with Gasteiger partial charge in [0.15, 0.2) is 0 Å². The SMILES string of the molecule is O=C(O)CCC(F)(OC(F)(F)C(F)(OC(F)(F)F)C(F)(F)F)C(F)(F)F. The first-order valence-corrected chi connectivity index (χ1v) is 5.66. The lowest BCUT2D eigenvalue weighted by atomic mass is 10.1. The number of ether oxygens (including phenoxy) is 2. The Kier molecular flexibility index (Phi) is 6.49. The second-order valence-corrected chi connectivity index (χ2v) is 4.38. The molecule has 0 aliphatic carbocycles. The van der Waals surface area contributed by atoms with Gasteiger partial charge in [-0.25, -0.2) is 9.13 Å². The summed E-state index contributed by atoms with van der Waals surface area (Å²) in [5.41, 5.74) is 0. The monoisotopic (exact) mass is 424 g/mol. The molecule has 156 valence electrons. The van der Waals surface area contributed by atoms with Crippen LogP contribution in [0.4, 0.5) is 57.1 Å². The maximum atomic E-state index is 13.5. The maximum absolute atomic E-state index is 13.5. The molecule has 17 heteroatoms. The second-order valence-electron chi connectivity index (χ2n) is 4.38. The smallest absolute Gasteiger partial charge is 0.481 e. The molecule has 26 heavy (non-hydrogen) atoms. The van der Waals surface area contributed by atoms with Crippen molar-refractivity contribution < 1.29 is 76.5 Å². The molecule has 1 N–H and O–H groups in total. The molecule has 0 rings (SSSR count). The van der Waals surface area contributed by atoms with Crippen LogP contribution in [0.3, 0.4) is 0 Å². The Morgan fingerprint density at radius 2 is 1.15 bits per heavy atom. The van der Waals surface area contributed by atoms with Crippen molar-refractivity contribution in [3.05, 3.63) is 0 Å². The summed E-state index contributed by atoms with van der Waals surface area (Å²) in [7, 11) is 0. The molecule has 0 aliphatic rings. The van der Waals surface area contributed by atoms with Gasteiger partial charge in [0.05, 0.1) is 6.42 Å². The fraction of sp³-hybridized carbons (Fsp3) is 0.889. The molecule has 0 aliphatic heterocycles. The number of hydrogen-bond donors (Lipinski definition) is 1. The number of rotatable bonds is 7. The molecule has 0 aromatic carbocycles. The highest BCUT2D eigenvalue weighted by atomic mass is 19.4. The highest BCUT2D eigenvalue weighted by molar-refractivity contribution is 5.66. The van der Waals surface area contributed by atoms with E-state index < -0.39 is 55.3 Å². The van der Waals surface area contributed by atoms with Crippen molar-refractivity contribution in [2.45, 2.75) is 49.4 Å². The van der Waals surface area contributed by atoms with Crippen LogP contribution in [0.1, 0.15) is 12.8 Å². The Balaban J connectivity index is 6.08. The summed E-state index contributed by atoms with van der Waals surface area (Å²) < 4.78 is 166. The molecular weight excluding hydrogens is 419 g/mol. The first kappa shape index (κ1) is 24.5. The number of halogens is 13.